The number of nitro groups is 1. The van der Waals surface area contributed by atoms with Gasteiger partial charge in [0.2, 0.25) is 5.91 Å². The second kappa shape index (κ2) is 6.53. The van der Waals surface area contributed by atoms with Crippen molar-refractivity contribution in [2.24, 2.45) is 0 Å². The van der Waals surface area contributed by atoms with Gasteiger partial charge in [-0.2, -0.15) is 0 Å². The van der Waals surface area contributed by atoms with Crippen molar-refractivity contribution in [1.29, 1.82) is 0 Å². The highest BCUT2D eigenvalue weighted by Gasteiger charge is 2.28. The zero-order chi connectivity index (χ0) is 15.4. The van der Waals surface area contributed by atoms with E-state index in [1.807, 2.05) is 6.92 Å². The molecule has 0 saturated carbocycles. The summed E-state index contributed by atoms with van der Waals surface area (Å²) in [7, 11) is 1.66. The number of rotatable bonds is 5. The summed E-state index contributed by atoms with van der Waals surface area (Å²) in [6, 6.07) is 4.90. The minimum Gasteiger partial charge on any atom is -0.383 e. The molecular formula is C14H20N4O3. The minimum atomic E-state index is -0.404. The molecule has 1 atom stereocenters. The predicted molar refractivity (Wildman–Crippen MR) is 80.1 cm³/mol. The van der Waals surface area contributed by atoms with E-state index in [0.717, 1.165) is 18.5 Å². The first-order valence-electron chi connectivity index (χ1n) is 7.03. The minimum absolute atomic E-state index is 0.0551. The average Bonchev–Trinajstić information content (AvgIpc) is 2.47. The summed E-state index contributed by atoms with van der Waals surface area (Å²) >= 11 is 0. The first-order valence-corrected chi connectivity index (χ1v) is 7.03. The van der Waals surface area contributed by atoms with E-state index in [1.165, 1.54) is 6.07 Å². The highest BCUT2D eigenvalue weighted by molar-refractivity contribution is 5.82. The lowest BCUT2D eigenvalue weighted by Gasteiger charge is -2.34. The van der Waals surface area contributed by atoms with Crippen LogP contribution in [0.15, 0.2) is 18.2 Å². The van der Waals surface area contributed by atoms with Crippen molar-refractivity contribution < 1.29 is 9.72 Å². The number of hydrogen-bond donors (Lipinski definition) is 2. The molecule has 1 aliphatic heterocycles. The van der Waals surface area contributed by atoms with Crippen LogP contribution in [-0.4, -0.2) is 41.9 Å². The maximum absolute atomic E-state index is 11.8. The molecule has 0 aliphatic carbocycles. The normalized spacial score (nSPS) is 19.1. The Hall–Kier alpha value is -2.15. The number of carbonyl (C=O) groups excluding carboxylic acids is 1. The molecule has 1 saturated heterocycles. The third-order valence-electron chi connectivity index (χ3n) is 3.74. The SMILES string of the molecule is CCC1C(=O)NCCN1Cc1ccc([N+](=O)[O-])c(NC)c1. The third kappa shape index (κ3) is 3.30. The number of anilines is 1. The second-order valence-corrected chi connectivity index (χ2v) is 5.04. The molecule has 0 bridgehead atoms. The lowest BCUT2D eigenvalue weighted by atomic mass is 10.1. The average molecular weight is 292 g/mol. The summed E-state index contributed by atoms with van der Waals surface area (Å²) in [5.74, 6) is 0.0551. The number of nitro benzene ring substituents is 1. The maximum Gasteiger partial charge on any atom is 0.292 e. The molecule has 2 rings (SSSR count). The quantitative estimate of drug-likeness (QED) is 0.632. The molecule has 21 heavy (non-hydrogen) atoms. The van der Waals surface area contributed by atoms with Gasteiger partial charge < -0.3 is 10.6 Å². The number of piperazine rings is 1. The number of hydrogen-bond acceptors (Lipinski definition) is 5. The van der Waals surface area contributed by atoms with E-state index in [-0.39, 0.29) is 17.6 Å². The molecule has 1 unspecified atom stereocenters. The van der Waals surface area contributed by atoms with Crippen molar-refractivity contribution in [2.75, 3.05) is 25.5 Å². The van der Waals surface area contributed by atoms with Crippen LogP contribution in [-0.2, 0) is 11.3 Å². The number of nitrogens with zero attached hydrogens (tertiary/aromatic N) is 2. The van der Waals surface area contributed by atoms with Gasteiger partial charge >= 0.3 is 0 Å². The topological polar surface area (TPSA) is 87.5 Å². The van der Waals surface area contributed by atoms with Crippen molar-refractivity contribution in [3.05, 3.63) is 33.9 Å². The molecule has 1 fully saturated rings. The Bertz CT molecular complexity index is 547. The lowest BCUT2D eigenvalue weighted by Crippen LogP contribution is -2.54. The van der Waals surface area contributed by atoms with E-state index in [4.69, 9.17) is 0 Å². The largest absolute Gasteiger partial charge is 0.383 e. The molecule has 2 N–H and O–H groups in total. The molecule has 1 amide bonds. The van der Waals surface area contributed by atoms with Crippen LogP contribution in [0.3, 0.4) is 0 Å². The van der Waals surface area contributed by atoms with Crippen LogP contribution in [0, 0.1) is 10.1 Å². The van der Waals surface area contributed by atoms with Crippen LogP contribution in [0.5, 0.6) is 0 Å². The summed E-state index contributed by atoms with van der Waals surface area (Å²) in [6.07, 6.45) is 0.748. The third-order valence-corrected chi connectivity index (χ3v) is 3.74. The van der Waals surface area contributed by atoms with Crippen LogP contribution in [0.1, 0.15) is 18.9 Å². The molecule has 1 aliphatic rings. The van der Waals surface area contributed by atoms with Gasteiger partial charge in [0.15, 0.2) is 0 Å². The van der Waals surface area contributed by atoms with Gasteiger partial charge in [0.25, 0.3) is 5.69 Å². The standard InChI is InChI=1S/C14H20N4O3/c1-3-12-14(19)16-6-7-17(12)9-10-4-5-13(18(20)21)11(8-10)15-2/h4-5,8,12,15H,3,6-7,9H2,1-2H3,(H,16,19). The van der Waals surface area contributed by atoms with Crippen LogP contribution in [0.4, 0.5) is 11.4 Å². The molecule has 7 nitrogen and oxygen atoms in total. The molecule has 0 aromatic heterocycles. The smallest absolute Gasteiger partial charge is 0.292 e. The number of carbonyl (C=O) groups is 1. The Morgan fingerprint density at radius 1 is 1.52 bits per heavy atom. The zero-order valence-electron chi connectivity index (χ0n) is 12.3. The Morgan fingerprint density at radius 2 is 2.29 bits per heavy atom. The predicted octanol–water partition coefficient (Wildman–Crippen LogP) is 1.35. The van der Waals surface area contributed by atoms with Crippen molar-refractivity contribution in [3.8, 4) is 0 Å². The van der Waals surface area contributed by atoms with Crippen molar-refractivity contribution >= 4 is 17.3 Å². The summed E-state index contributed by atoms with van der Waals surface area (Å²) in [4.78, 5) is 24.5. The zero-order valence-corrected chi connectivity index (χ0v) is 12.3. The van der Waals surface area contributed by atoms with Gasteiger partial charge in [0, 0.05) is 32.7 Å². The maximum atomic E-state index is 11.8. The van der Waals surface area contributed by atoms with Crippen molar-refractivity contribution in [2.45, 2.75) is 25.9 Å². The lowest BCUT2D eigenvalue weighted by molar-refractivity contribution is -0.384. The number of nitrogens with one attached hydrogen (secondary N) is 2. The number of amides is 1. The van der Waals surface area contributed by atoms with E-state index < -0.39 is 4.92 Å². The summed E-state index contributed by atoms with van der Waals surface area (Å²) in [5.41, 5.74) is 1.51. The van der Waals surface area contributed by atoms with E-state index in [9.17, 15) is 14.9 Å². The summed E-state index contributed by atoms with van der Waals surface area (Å²) in [5, 5.41) is 16.6. The van der Waals surface area contributed by atoms with Gasteiger partial charge in [-0.15, -0.1) is 0 Å². The first kappa shape index (κ1) is 15.2. The fraction of sp³-hybridized carbons (Fsp3) is 0.500. The van der Waals surface area contributed by atoms with Crippen molar-refractivity contribution in [1.82, 2.24) is 10.2 Å². The fourth-order valence-corrected chi connectivity index (χ4v) is 2.67. The van der Waals surface area contributed by atoms with Crippen LogP contribution in [0.25, 0.3) is 0 Å². The van der Waals surface area contributed by atoms with Gasteiger partial charge in [-0.05, 0) is 18.1 Å². The Kier molecular flexibility index (Phi) is 4.74. The highest BCUT2D eigenvalue weighted by Crippen LogP contribution is 2.26. The van der Waals surface area contributed by atoms with Crippen LogP contribution >= 0.6 is 0 Å². The first-order chi connectivity index (χ1) is 10.1. The Balaban J connectivity index is 2.19. The van der Waals surface area contributed by atoms with Gasteiger partial charge in [0.1, 0.15) is 5.69 Å². The van der Waals surface area contributed by atoms with Gasteiger partial charge in [-0.25, -0.2) is 0 Å². The van der Waals surface area contributed by atoms with Gasteiger partial charge in [0.05, 0.1) is 11.0 Å². The molecule has 0 spiro atoms. The van der Waals surface area contributed by atoms with E-state index in [1.54, 1.807) is 19.2 Å². The Labute approximate surface area is 123 Å². The number of benzene rings is 1. The highest BCUT2D eigenvalue weighted by atomic mass is 16.6. The molecular weight excluding hydrogens is 272 g/mol. The summed E-state index contributed by atoms with van der Waals surface area (Å²) < 4.78 is 0. The molecule has 1 heterocycles. The molecule has 1 aromatic rings. The fourth-order valence-electron chi connectivity index (χ4n) is 2.67. The van der Waals surface area contributed by atoms with Crippen LogP contribution in [0.2, 0.25) is 0 Å². The molecule has 7 heteroatoms. The second-order valence-electron chi connectivity index (χ2n) is 5.04. The van der Waals surface area contributed by atoms with Crippen molar-refractivity contribution in [3.63, 3.8) is 0 Å². The van der Waals surface area contributed by atoms with E-state index >= 15 is 0 Å². The van der Waals surface area contributed by atoms with Crippen LogP contribution < -0.4 is 10.6 Å². The molecule has 114 valence electrons. The van der Waals surface area contributed by atoms with E-state index in [2.05, 4.69) is 15.5 Å². The monoisotopic (exact) mass is 292 g/mol. The molecule has 0 radical (unpaired) electrons. The molecule has 1 aromatic carbocycles. The van der Waals surface area contributed by atoms with Gasteiger partial charge in [-0.3, -0.25) is 19.8 Å². The van der Waals surface area contributed by atoms with E-state index in [0.29, 0.717) is 18.8 Å². The Morgan fingerprint density at radius 3 is 2.90 bits per heavy atom. The summed E-state index contributed by atoms with van der Waals surface area (Å²) in [6.45, 7) is 4.02. The van der Waals surface area contributed by atoms with Gasteiger partial charge in [-0.1, -0.05) is 13.0 Å².